The maximum Gasteiger partial charge on any atom is 0.232 e. The third-order valence-corrected chi connectivity index (χ3v) is 4.85. The second kappa shape index (κ2) is 7.49. The average Bonchev–Trinajstić information content (AvgIpc) is 2.48. The van der Waals surface area contributed by atoms with E-state index in [9.17, 15) is 13.2 Å². The number of rotatable bonds is 6. The molecule has 0 aliphatic rings. The molecule has 128 valence electrons. The number of hydrogen-bond donors (Lipinski definition) is 1. The Morgan fingerprint density at radius 3 is 2.42 bits per heavy atom. The molecule has 0 unspecified atom stereocenters. The van der Waals surface area contributed by atoms with Crippen LogP contribution in [0.1, 0.15) is 17.5 Å². The molecule has 0 aliphatic heterocycles. The number of nitrogens with one attached hydrogen (secondary N) is 1. The molecule has 0 bridgehead atoms. The van der Waals surface area contributed by atoms with Gasteiger partial charge in [0.25, 0.3) is 0 Å². The van der Waals surface area contributed by atoms with Crippen molar-refractivity contribution in [2.24, 2.45) is 0 Å². The fraction of sp³-hybridized carbons (Fsp3) is 0.278. The summed E-state index contributed by atoms with van der Waals surface area (Å²) in [6.45, 7) is 3.90. The van der Waals surface area contributed by atoms with E-state index in [0.29, 0.717) is 5.69 Å². The zero-order chi connectivity index (χ0) is 17.7. The molecule has 6 heteroatoms. The van der Waals surface area contributed by atoms with Gasteiger partial charge in [-0.25, -0.2) is 8.42 Å². The number of nitrogens with zero attached hydrogens (tertiary/aromatic N) is 1. The molecule has 0 spiro atoms. The Morgan fingerprint density at radius 1 is 1.08 bits per heavy atom. The lowest BCUT2D eigenvalue weighted by molar-refractivity contribution is -0.116. The van der Waals surface area contributed by atoms with Crippen LogP contribution in [-0.4, -0.2) is 27.1 Å². The fourth-order valence-electron chi connectivity index (χ4n) is 2.40. The van der Waals surface area contributed by atoms with E-state index in [1.807, 2.05) is 44.2 Å². The van der Waals surface area contributed by atoms with E-state index in [1.165, 1.54) is 4.31 Å². The summed E-state index contributed by atoms with van der Waals surface area (Å²) in [5.41, 5.74) is 3.24. The lowest BCUT2D eigenvalue weighted by Crippen LogP contribution is -2.33. The molecule has 2 rings (SSSR count). The topological polar surface area (TPSA) is 66.5 Å². The fourth-order valence-corrected chi connectivity index (χ4v) is 3.32. The Hall–Kier alpha value is -2.34. The van der Waals surface area contributed by atoms with Gasteiger partial charge in [-0.2, -0.15) is 0 Å². The summed E-state index contributed by atoms with van der Waals surface area (Å²) in [6.07, 6.45) is 1.23. The summed E-state index contributed by atoms with van der Waals surface area (Å²) in [6, 6.07) is 14.7. The summed E-state index contributed by atoms with van der Waals surface area (Å²) in [4.78, 5) is 12.2. The first-order valence-electron chi connectivity index (χ1n) is 7.67. The van der Waals surface area contributed by atoms with Crippen LogP contribution in [-0.2, 0) is 14.8 Å². The lowest BCUT2D eigenvalue weighted by Gasteiger charge is -2.22. The van der Waals surface area contributed by atoms with Gasteiger partial charge < -0.3 is 5.32 Å². The highest BCUT2D eigenvalue weighted by Gasteiger charge is 2.18. The van der Waals surface area contributed by atoms with Gasteiger partial charge in [-0.05, 0) is 43.2 Å². The number of hydrogen-bond acceptors (Lipinski definition) is 3. The molecule has 0 atom stereocenters. The zero-order valence-electron chi connectivity index (χ0n) is 14.1. The molecule has 0 aromatic heterocycles. The number of benzene rings is 2. The van der Waals surface area contributed by atoms with Crippen molar-refractivity contribution in [2.75, 3.05) is 22.4 Å². The summed E-state index contributed by atoms with van der Waals surface area (Å²) >= 11 is 0. The van der Waals surface area contributed by atoms with Gasteiger partial charge in [0.05, 0.1) is 11.9 Å². The summed E-state index contributed by atoms with van der Waals surface area (Å²) in [5.74, 6) is -0.217. The molecule has 0 radical (unpaired) electrons. The predicted molar refractivity (Wildman–Crippen MR) is 97.8 cm³/mol. The highest BCUT2D eigenvalue weighted by molar-refractivity contribution is 7.92. The van der Waals surface area contributed by atoms with Gasteiger partial charge in [0.15, 0.2) is 0 Å². The van der Waals surface area contributed by atoms with E-state index in [1.54, 1.807) is 18.2 Å². The first kappa shape index (κ1) is 18.0. The maximum atomic E-state index is 12.2. The summed E-state index contributed by atoms with van der Waals surface area (Å²) < 4.78 is 25.4. The van der Waals surface area contributed by atoms with E-state index in [2.05, 4.69) is 5.32 Å². The van der Waals surface area contributed by atoms with Gasteiger partial charge in [0.2, 0.25) is 15.9 Å². The van der Waals surface area contributed by atoms with Gasteiger partial charge in [0.1, 0.15) is 0 Å². The number of amides is 1. The SMILES string of the molecule is Cc1cccc(N(CCC(=O)Nc2ccccc2C)S(C)(=O)=O)c1. The van der Waals surface area contributed by atoms with Crippen LogP contribution in [0.4, 0.5) is 11.4 Å². The molecule has 2 aromatic carbocycles. The first-order valence-corrected chi connectivity index (χ1v) is 9.52. The second-order valence-corrected chi connectivity index (χ2v) is 7.69. The van der Waals surface area contributed by atoms with E-state index < -0.39 is 10.0 Å². The van der Waals surface area contributed by atoms with E-state index in [0.717, 1.165) is 23.1 Å². The quantitative estimate of drug-likeness (QED) is 0.874. The van der Waals surface area contributed by atoms with Crippen LogP contribution in [0.3, 0.4) is 0 Å². The largest absolute Gasteiger partial charge is 0.326 e. The van der Waals surface area contributed by atoms with E-state index in [4.69, 9.17) is 0 Å². The van der Waals surface area contributed by atoms with Crippen LogP contribution >= 0.6 is 0 Å². The van der Waals surface area contributed by atoms with Crippen molar-refractivity contribution in [3.8, 4) is 0 Å². The van der Waals surface area contributed by atoms with Crippen molar-refractivity contribution in [1.82, 2.24) is 0 Å². The molecule has 24 heavy (non-hydrogen) atoms. The molecule has 0 saturated heterocycles. The second-order valence-electron chi connectivity index (χ2n) is 5.79. The molecule has 0 saturated carbocycles. The maximum absolute atomic E-state index is 12.2. The Balaban J connectivity index is 2.09. The summed E-state index contributed by atoms with van der Waals surface area (Å²) in [5, 5.41) is 2.82. The van der Waals surface area contributed by atoms with Crippen molar-refractivity contribution in [2.45, 2.75) is 20.3 Å². The lowest BCUT2D eigenvalue weighted by atomic mass is 10.2. The number of aryl methyl sites for hydroxylation is 2. The molecule has 1 amide bonds. The number of sulfonamides is 1. The molecular weight excluding hydrogens is 324 g/mol. The molecule has 0 fully saturated rings. The average molecular weight is 346 g/mol. The van der Waals surface area contributed by atoms with Gasteiger partial charge in [-0.15, -0.1) is 0 Å². The van der Waals surface area contributed by atoms with Gasteiger partial charge in [-0.1, -0.05) is 30.3 Å². The predicted octanol–water partition coefficient (Wildman–Crippen LogP) is 3.10. The van der Waals surface area contributed by atoms with Crippen molar-refractivity contribution in [1.29, 1.82) is 0 Å². The summed E-state index contributed by atoms with van der Waals surface area (Å²) in [7, 11) is -3.46. The highest BCUT2D eigenvalue weighted by Crippen LogP contribution is 2.19. The van der Waals surface area contributed by atoms with Crippen molar-refractivity contribution in [3.05, 3.63) is 59.7 Å². The van der Waals surface area contributed by atoms with Gasteiger partial charge in [-0.3, -0.25) is 9.10 Å². The van der Waals surface area contributed by atoms with Crippen LogP contribution in [0, 0.1) is 13.8 Å². The van der Waals surface area contributed by atoms with Gasteiger partial charge >= 0.3 is 0 Å². The molecule has 0 heterocycles. The Morgan fingerprint density at radius 2 is 1.79 bits per heavy atom. The molecule has 2 aromatic rings. The minimum Gasteiger partial charge on any atom is -0.326 e. The van der Waals surface area contributed by atoms with E-state index in [-0.39, 0.29) is 18.9 Å². The molecule has 1 N–H and O–H groups in total. The Bertz CT molecular complexity index is 832. The third-order valence-electron chi connectivity index (χ3n) is 3.65. The minimum absolute atomic E-state index is 0.0787. The Kier molecular flexibility index (Phi) is 5.62. The number of carbonyl (C=O) groups is 1. The number of carbonyl (C=O) groups excluding carboxylic acids is 1. The first-order chi connectivity index (χ1) is 11.3. The minimum atomic E-state index is -3.46. The van der Waals surface area contributed by atoms with Crippen molar-refractivity contribution >= 4 is 27.3 Å². The van der Waals surface area contributed by atoms with Crippen LogP contribution in [0.5, 0.6) is 0 Å². The standard InChI is InChI=1S/C18H22N2O3S/c1-14-7-6-9-16(13-14)20(24(3,22)23)12-11-18(21)19-17-10-5-4-8-15(17)2/h4-10,13H,11-12H2,1-3H3,(H,19,21). The van der Waals surface area contributed by atoms with Crippen LogP contribution in [0.2, 0.25) is 0 Å². The third kappa shape index (κ3) is 4.83. The van der Waals surface area contributed by atoms with Crippen LogP contribution < -0.4 is 9.62 Å². The monoisotopic (exact) mass is 346 g/mol. The number of para-hydroxylation sites is 1. The molecule has 5 nitrogen and oxygen atoms in total. The number of anilines is 2. The molecule has 0 aliphatic carbocycles. The van der Waals surface area contributed by atoms with Crippen molar-refractivity contribution < 1.29 is 13.2 Å². The molecular formula is C18H22N2O3S. The van der Waals surface area contributed by atoms with E-state index >= 15 is 0 Å². The van der Waals surface area contributed by atoms with Crippen molar-refractivity contribution in [3.63, 3.8) is 0 Å². The normalized spacial score (nSPS) is 11.1. The Labute approximate surface area is 143 Å². The zero-order valence-corrected chi connectivity index (χ0v) is 14.9. The van der Waals surface area contributed by atoms with Gasteiger partial charge in [0, 0.05) is 18.7 Å². The smallest absolute Gasteiger partial charge is 0.232 e. The van der Waals surface area contributed by atoms with Crippen LogP contribution in [0.25, 0.3) is 0 Å². The van der Waals surface area contributed by atoms with Crippen LogP contribution in [0.15, 0.2) is 48.5 Å². The highest BCUT2D eigenvalue weighted by atomic mass is 32.2.